The Morgan fingerprint density at radius 3 is 2.65 bits per heavy atom. The molecule has 0 heterocycles. The van der Waals surface area contributed by atoms with Crippen LogP contribution in [0.4, 0.5) is 0 Å². The van der Waals surface area contributed by atoms with Gasteiger partial charge >= 0.3 is 5.97 Å². The van der Waals surface area contributed by atoms with E-state index in [2.05, 4.69) is 5.32 Å². The zero-order chi connectivity index (χ0) is 13.0. The Labute approximate surface area is 109 Å². The summed E-state index contributed by atoms with van der Waals surface area (Å²) < 4.78 is 0. The Hall–Kier alpha value is -1.26. The van der Waals surface area contributed by atoms with Crippen LogP contribution in [-0.2, 0) is 16.0 Å². The number of rotatable bonds is 4. The van der Waals surface area contributed by atoms with E-state index >= 15 is 0 Å². The molecule has 0 unspecified atom stereocenters. The largest absolute Gasteiger partial charge is 0.480 e. The van der Waals surface area contributed by atoms with E-state index in [4.69, 9.17) is 28.3 Å². The van der Waals surface area contributed by atoms with E-state index in [1.165, 1.54) is 6.92 Å². The molecule has 0 saturated heterocycles. The molecule has 17 heavy (non-hydrogen) atoms. The van der Waals surface area contributed by atoms with Crippen LogP contribution in [0.5, 0.6) is 0 Å². The molecule has 0 saturated carbocycles. The van der Waals surface area contributed by atoms with Gasteiger partial charge in [-0.25, -0.2) is 0 Å². The Bertz CT molecular complexity index is 448. The Balaban J connectivity index is 2.68. The van der Waals surface area contributed by atoms with Crippen molar-refractivity contribution < 1.29 is 14.7 Å². The van der Waals surface area contributed by atoms with Gasteiger partial charge in [-0.1, -0.05) is 23.2 Å². The summed E-state index contributed by atoms with van der Waals surface area (Å²) >= 11 is 11.7. The highest BCUT2D eigenvalue weighted by molar-refractivity contribution is 6.33. The van der Waals surface area contributed by atoms with Gasteiger partial charge in [-0.15, -0.1) is 0 Å². The van der Waals surface area contributed by atoms with Crippen molar-refractivity contribution in [3.05, 3.63) is 33.8 Å². The molecule has 1 rings (SSSR count). The maximum absolute atomic E-state index is 11.5. The van der Waals surface area contributed by atoms with Crippen LogP contribution in [-0.4, -0.2) is 23.0 Å². The predicted molar refractivity (Wildman–Crippen MR) is 65.4 cm³/mol. The molecule has 0 aromatic heterocycles. The van der Waals surface area contributed by atoms with Crippen LogP contribution in [0.25, 0.3) is 0 Å². The minimum absolute atomic E-state index is 0.00296. The first-order chi connectivity index (χ1) is 7.90. The number of amides is 1. The van der Waals surface area contributed by atoms with E-state index in [9.17, 15) is 9.59 Å². The summed E-state index contributed by atoms with van der Waals surface area (Å²) in [5.41, 5.74) is 0.564. The highest BCUT2D eigenvalue weighted by atomic mass is 35.5. The van der Waals surface area contributed by atoms with Gasteiger partial charge in [-0.2, -0.15) is 0 Å². The molecular weight excluding hydrogens is 265 g/mol. The number of halogens is 2. The number of hydrogen-bond donors (Lipinski definition) is 2. The molecule has 92 valence electrons. The lowest BCUT2D eigenvalue weighted by atomic mass is 10.1. The first-order valence-electron chi connectivity index (χ1n) is 4.86. The van der Waals surface area contributed by atoms with E-state index in [-0.39, 0.29) is 6.42 Å². The summed E-state index contributed by atoms with van der Waals surface area (Å²) in [6, 6.07) is 3.85. The van der Waals surface area contributed by atoms with Crippen molar-refractivity contribution in [2.45, 2.75) is 19.4 Å². The van der Waals surface area contributed by atoms with Crippen LogP contribution in [0.2, 0.25) is 10.0 Å². The number of carboxylic acid groups (broad SMARTS) is 1. The summed E-state index contributed by atoms with van der Waals surface area (Å²) in [6.07, 6.45) is -0.00296. The summed E-state index contributed by atoms with van der Waals surface area (Å²) in [6.45, 7) is 1.39. The molecule has 1 aromatic rings. The van der Waals surface area contributed by atoms with Crippen molar-refractivity contribution in [1.82, 2.24) is 5.32 Å². The second-order valence-electron chi connectivity index (χ2n) is 3.54. The molecule has 4 nitrogen and oxygen atoms in total. The predicted octanol–water partition coefficient (Wildman–Crippen LogP) is 2.13. The van der Waals surface area contributed by atoms with Crippen molar-refractivity contribution in [1.29, 1.82) is 0 Å². The summed E-state index contributed by atoms with van der Waals surface area (Å²) in [7, 11) is 0. The third-order valence-corrected chi connectivity index (χ3v) is 2.71. The lowest BCUT2D eigenvalue weighted by Gasteiger charge is -2.10. The topological polar surface area (TPSA) is 66.4 Å². The fourth-order valence-corrected chi connectivity index (χ4v) is 1.59. The van der Waals surface area contributed by atoms with Crippen LogP contribution in [0.3, 0.4) is 0 Å². The summed E-state index contributed by atoms with van der Waals surface area (Å²) in [5.74, 6) is -1.50. The molecule has 2 N–H and O–H groups in total. The standard InChI is InChI=1S/C11H11Cl2NO3/c1-6(11(16)17)14-10(15)5-7-4-8(12)2-3-9(7)13/h2-4,6H,5H2,1H3,(H,14,15)(H,16,17)/t6-/m0/s1. The molecule has 0 bridgehead atoms. The van der Waals surface area contributed by atoms with Crippen molar-refractivity contribution in [3.63, 3.8) is 0 Å². The van der Waals surface area contributed by atoms with Gasteiger partial charge < -0.3 is 10.4 Å². The highest BCUT2D eigenvalue weighted by Crippen LogP contribution is 2.20. The number of benzene rings is 1. The molecule has 0 aliphatic heterocycles. The van der Waals surface area contributed by atoms with Gasteiger partial charge in [0.15, 0.2) is 0 Å². The van der Waals surface area contributed by atoms with Crippen LogP contribution in [0.15, 0.2) is 18.2 Å². The number of carbonyl (C=O) groups excluding carboxylic acids is 1. The van der Waals surface area contributed by atoms with E-state index in [1.54, 1.807) is 18.2 Å². The average Bonchev–Trinajstić information content (AvgIpc) is 2.23. The Morgan fingerprint density at radius 1 is 1.41 bits per heavy atom. The average molecular weight is 276 g/mol. The number of nitrogens with one attached hydrogen (secondary N) is 1. The molecule has 0 radical (unpaired) electrons. The molecule has 1 atom stereocenters. The zero-order valence-corrected chi connectivity index (χ0v) is 10.5. The summed E-state index contributed by atoms with van der Waals surface area (Å²) in [5, 5.41) is 11.9. The minimum Gasteiger partial charge on any atom is -0.480 e. The molecule has 1 aromatic carbocycles. The Kier molecular flexibility index (Phi) is 4.78. The van der Waals surface area contributed by atoms with Gasteiger partial charge in [-0.05, 0) is 30.7 Å². The van der Waals surface area contributed by atoms with Gasteiger partial charge in [0.1, 0.15) is 6.04 Å². The molecule has 0 aliphatic rings. The first-order valence-corrected chi connectivity index (χ1v) is 5.62. The molecule has 0 spiro atoms. The van der Waals surface area contributed by atoms with Gasteiger partial charge in [0.2, 0.25) is 5.91 Å². The molecule has 6 heteroatoms. The maximum atomic E-state index is 11.5. The third kappa shape index (κ3) is 4.24. The van der Waals surface area contributed by atoms with Crippen LogP contribution in [0.1, 0.15) is 12.5 Å². The van der Waals surface area contributed by atoms with Crippen LogP contribution < -0.4 is 5.32 Å². The lowest BCUT2D eigenvalue weighted by molar-refractivity contribution is -0.141. The van der Waals surface area contributed by atoms with Crippen molar-refractivity contribution in [2.75, 3.05) is 0 Å². The number of carbonyl (C=O) groups is 2. The quantitative estimate of drug-likeness (QED) is 0.885. The monoisotopic (exact) mass is 275 g/mol. The van der Waals surface area contributed by atoms with E-state index in [0.29, 0.717) is 15.6 Å². The number of hydrogen-bond acceptors (Lipinski definition) is 2. The second-order valence-corrected chi connectivity index (χ2v) is 4.38. The van der Waals surface area contributed by atoms with Gasteiger partial charge in [-0.3, -0.25) is 9.59 Å². The van der Waals surface area contributed by atoms with Gasteiger partial charge in [0, 0.05) is 10.0 Å². The smallest absolute Gasteiger partial charge is 0.325 e. The maximum Gasteiger partial charge on any atom is 0.325 e. The Morgan fingerprint density at radius 2 is 2.06 bits per heavy atom. The van der Waals surface area contributed by atoms with Crippen molar-refractivity contribution in [2.24, 2.45) is 0 Å². The zero-order valence-electron chi connectivity index (χ0n) is 9.04. The normalized spacial score (nSPS) is 11.9. The van der Waals surface area contributed by atoms with Crippen molar-refractivity contribution >= 4 is 35.1 Å². The van der Waals surface area contributed by atoms with Crippen LogP contribution >= 0.6 is 23.2 Å². The van der Waals surface area contributed by atoms with E-state index in [1.807, 2.05) is 0 Å². The van der Waals surface area contributed by atoms with E-state index < -0.39 is 17.9 Å². The van der Waals surface area contributed by atoms with Crippen molar-refractivity contribution in [3.8, 4) is 0 Å². The molecule has 0 aliphatic carbocycles. The number of carboxylic acids is 1. The second kappa shape index (κ2) is 5.89. The van der Waals surface area contributed by atoms with Gasteiger partial charge in [0.25, 0.3) is 0 Å². The molecular formula is C11H11Cl2NO3. The van der Waals surface area contributed by atoms with Crippen LogP contribution in [0, 0.1) is 0 Å². The number of aliphatic carboxylic acids is 1. The third-order valence-electron chi connectivity index (χ3n) is 2.11. The molecule has 1 amide bonds. The lowest BCUT2D eigenvalue weighted by Crippen LogP contribution is -2.39. The SMILES string of the molecule is C[C@H](NC(=O)Cc1cc(Cl)ccc1Cl)C(=O)O. The summed E-state index contributed by atoms with van der Waals surface area (Å²) in [4.78, 5) is 22.1. The first kappa shape index (κ1) is 13.8. The van der Waals surface area contributed by atoms with Gasteiger partial charge in [0.05, 0.1) is 6.42 Å². The molecule has 0 fully saturated rings. The highest BCUT2D eigenvalue weighted by Gasteiger charge is 2.15. The minimum atomic E-state index is -1.09. The van der Waals surface area contributed by atoms with E-state index in [0.717, 1.165) is 0 Å². The fourth-order valence-electron chi connectivity index (χ4n) is 1.21. The fraction of sp³-hybridized carbons (Fsp3) is 0.273.